The Morgan fingerprint density at radius 3 is 2.60 bits per heavy atom. The summed E-state index contributed by atoms with van der Waals surface area (Å²) in [5.41, 5.74) is 10.1. The van der Waals surface area contributed by atoms with Crippen LogP contribution in [0.3, 0.4) is 0 Å². The number of aryl methyl sites for hydroxylation is 1. The standard InChI is InChI=1S/C15H15N5/c1-9-10(2)20(8-19-9)14-11-5-3-4-6-13(11)18-7-12(14)15(16)17/h3-8H,1-2H3,(H3,16,17). The summed E-state index contributed by atoms with van der Waals surface area (Å²) in [4.78, 5) is 8.70. The van der Waals surface area contributed by atoms with E-state index in [9.17, 15) is 0 Å². The van der Waals surface area contributed by atoms with Gasteiger partial charge in [-0.15, -0.1) is 0 Å². The number of hydrogen-bond acceptors (Lipinski definition) is 3. The van der Waals surface area contributed by atoms with Crippen LogP contribution < -0.4 is 5.73 Å². The average Bonchev–Trinajstić information content (AvgIpc) is 2.77. The van der Waals surface area contributed by atoms with Crippen LogP contribution in [0.5, 0.6) is 0 Å². The maximum Gasteiger partial charge on any atom is 0.126 e. The lowest BCUT2D eigenvalue weighted by Crippen LogP contribution is -2.16. The van der Waals surface area contributed by atoms with Crippen molar-refractivity contribution in [3.8, 4) is 5.69 Å². The quantitative estimate of drug-likeness (QED) is 0.551. The zero-order chi connectivity index (χ0) is 14.3. The van der Waals surface area contributed by atoms with Crippen molar-refractivity contribution < 1.29 is 0 Å². The second-order valence-corrected chi connectivity index (χ2v) is 4.74. The number of pyridine rings is 1. The largest absolute Gasteiger partial charge is 0.384 e. The highest BCUT2D eigenvalue weighted by atomic mass is 15.1. The first-order valence-electron chi connectivity index (χ1n) is 6.32. The number of benzene rings is 1. The number of nitrogen functional groups attached to an aromatic ring is 1. The summed E-state index contributed by atoms with van der Waals surface area (Å²) in [6.45, 7) is 3.96. The molecule has 20 heavy (non-hydrogen) atoms. The lowest BCUT2D eigenvalue weighted by Gasteiger charge is -2.14. The molecule has 0 fully saturated rings. The molecule has 0 amide bonds. The summed E-state index contributed by atoms with van der Waals surface area (Å²) in [5.74, 6) is 0.00371. The normalized spacial score (nSPS) is 10.9. The fourth-order valence-corrected chi connectivity index (χ4v) is 2.31. The second-order valence-electron chi connectivity index (χ2n) is 4.74. The molecule has 5 heteroatoms. The van der Waals surface area contributed by atoms with Gasteiger partial charge >= 0.3 is 0 Å². The highest BCUT2D eigenvalue weighted by molar-refractivity contribution is 6.04. The van der Waals surface area contributed by atoms with E-state index in [0.29, 0.717) is 5.56 Å². The molecule has 0 aliphatic carbocycles. The number of rotatable bonds is 2. The minimum Gasteiger partial charge on any atom is -0.384 e. The summed E-state index contributed by atoms with van der Waals surface area (Å²) in [6.07, 6.45) is 3.41. The van der Waals surface area contributed by atoms with Gasteiger partial charge in [0.05, 0.1) is 28.8 Å². The molecular weight excluding hydrogens is 250 g/mol. The van der Waals surface area contributed by atoms with E-state index in [-0.39, 0.29) is 5.84 Å². The van der Waals surface area contributed by atoms with Crippen LogP contribution in [-0.4, -0.2) is 20.4 Å². The minimum absolute atomic E-state index is 0.00371. The molecule has 100 valence electrons. The molecule has 0 saturated carbocycles. The number of fused-ring (bicyclic) bond motifs is 1. The van der Waals surface area contributed by atoms with Crippen molar-refractivity contribution >= 4 is 16.7 Å². The third-order valence-corrected chi connectivity index (χ3v) is 3.53. The molecule has 0 unspecified atom stereocenters. The lowest BCUT2D eigenvalue weighted by atomic mass is 10.1. The van der Waals surface area contributed by atoms with Gasteiger partial charge in [-0.25, -0.2) is 4.98 Å². The highest BCUT2D eigenvalue weighted by Crippen LogP contribution is 2.26. The molecule has 1 aromatic carbocycles. The molecule has 3 N–H and O–H groups in total. The number of hydrogen-bond donors (Lipinski definition) is 2. The van der Waals surface area contributed by atoms with E-state index >= 15 is 0 Å². The molecule has 2 heterocycles. The molecule has 3 aromatic rings. The van der Waals surface area contributed by atoms with Crippen molar-refractivity contribution in [2.45, 2.75) is 13.8 Å². The number of nitrogens with two attached hydrogens (primary N) is 1. The smallest absolute Gasteiger partial charge is 0.126 e. The average molecular weight is 265 g/mol. The van der Waals surface area contributed by atoms with Crippen LogP contribution in [0, 0.1) is 19.3 Å². The van der Waals surface area contributed by atoms with Gasteiger partial charge in [0, 0.05) is 17.3 Å². The minimum atomic E-state index is 0.00371. The molecular formula is C15H15N5. The van der Waals surface area contributed by atoms with Gasteiger partial charge < -0.3 is 10.3 Å². The molecule has 0 aliphatic heterocycles. The number of amidine groups is 1. The highest BCUT2D eigenvalue weighted by Gasteiger charge is 2.15. The molecule has 0 radical (unpaired) electrons. The van der Waals surface area contributed by atoms with E-state index in [1.807, 2.05) is 42.7 Å². The maximum absolute atomic E-state index is 7.78. The Morgan fingerprint density at radius 2 is 1.95 bits per heavy atom. The van der Waals surface area contributed by atoms with Crippen molar-refractivity contribution in [3.05, 3.63) is 53.7 Å². The van der Waals surface area contributed by atoms with Gasteiger partial charge in [-0.3, -0.25) is 10.4 Å². The van der Waals surface area contributed by atoms with Crippen molar-refractivity contribution in [2.75, 3.05) is 0 Å². The fourth-order valence-electron chi connectivity index (χ4n) is 2.31. The maximum atomic E-state index is 7.78. The van der Waals surface area contributed by atoms with Gasteiger partial charge in [-0.1, -0.05) is 18.2 Å². The van der Waals surface area contributed by atoms with Crippen molar-refractivity contribution in [1.82, 2.24) is 14.5 Å². The van der Waals surface area contributed by atoms with Crippen LogP contribution in [0.2, 0.25) is 0 Å². The van der Waals surface area contributed by atoms with Gasteiger partial charge in [-0.05, 0) is 19.9 Å². The Kier molecular flexibility index (Phi) is 2.75. The summed E-state index contributed by atoms with van der Waals surface area (Å²) in [5, 5.41) is 8.74. The first-order chi connectivity index (χ1) is 9.59. The molecule has 3 rings (SSSR count). The predicted molar refractivity (Wildman–Crippen MR) is 79.4 cm³/mol. The van der Waals surface area contributed by atoms with Gasteiger partial charge in [0.1, 0.15) is 5.84 Å². The monoisotopic (exact) mass is 265 g/mol. The summed E-state index contributed by atoms with van der Waals surface area (Å²) in [6, 6.07) is 7.83. The van der Waals surface area contributed by atoms with E-state index < -0.39 is 0 Å². The number of imidazole rings is 1. The third-order valence-electron chi connectivity index (χ3n) is 3.53. The van der Waals surface area contributed by atoms with Crippen LogP contribution in [0.25, 0.3) is 16.6 Å². The van der Waals surface area contributed by atoms with Crippen LogP contribution in [-0.2, 0) is 0 Å². The van der Waals surface area contributed by atoms with Crippen molar-refractivity contribution in [2.24, 2.45) is 5.73 Å². The zero-order valence-electron chi connectivity index (χ0n) is 11.4. The van der Waals surface area contributed by atoms with Gasteiger partial charge in [0.25, 0.3) is 0 Å². The molecule has 0 aliphatic rings. The predicted octanol–water partition coefficient (Wildman–Crippen LogP) is 2.32. The Balaban J connectivity index is 2.45. The molecule has 2 aromatic heterocycles. The Morgan fingerprint density at radius 1 is 1.20 bits per heavy atom. The van der Waals surface area contributed by atoms with E-state index in [4.69, 9.17) is 11.1 Å². The van der Waals surface area contributed by atoms with Crippen LogP contribution in [0.15, 0.2) is 36.8 Å². The summed E-state index contributed by atoms with van der Waals surface area (Å²) < 4.78 is 1.97. The molecule has 0 saturated heterocycles. The fraction of sp³-hybridized carbons (Fsp3) is 0.133. The number of aromatic nitrogens is 3. The van der Waals surface area contributed by atoms with Crippen LogP contribution in [0.4, 0.5) is 0 Å². The van der Waals surface area contributed by atoms with E-state index in [2.05, 4.69) is 9.97 Å². The Bertz CT molecular complexity index is 816. The van der Waals surface area contributed by atoms with E-state index in [1.165, 1.54) is 0 Å². The zero-order valence-corrected chi connectivity index (χ0v) is 11.4. The van der Waals surface area contributed by atoms with Crippen LogP contribution >= 0.6 is 0 Å². The number of para-hydroxylation sites is 1. The van der Waals surface area contributed by atoms with E-state index in [1.54, 1.807) is 12.5 Å². The van der Waals surface area contributed by atoms with Crippen molar-refractivity contribution in [3.63, 3.8) is 0 Å². The summed E-state index contributed by atoms with van der Waals surface area (Å²) >= 11 is 0. The Hall–Kier alpha value is -2.69. The van der Waals surface area contributed by atoms with Gasteiger partial charge in [-0.2, -0.15) is 0 Å². The second kappa shape index (κ2) is 4.45. The summed E-state index contributed by atoms with van der Waals surface area (Å²) in [7, 11) is 0. The lowest BCUT2D eigenvalue weighted by molar-refractivity contribution is 1.00. The van der Waals surface area contributed by atoms with E-state index in [0.717, 1.165) is 28.0 Å². The topological polar surface area (TPSA) is 80.6 Å². The first-order valence-corrected chi connectivity index (χ1v) is 6.32. The third kappa shape index (κ3) is 1.75. The van der Waals surface area contributed by atoms with Gasteiger partial charge in [0.2, 0.25) is 0 Å². The molecule has 5 nitrogen and oxygen atoms in total. The number of nitrogens with one attached hydrogen (secondary N) is 1. The van der Waals surface area contributed by atoms with Gasteiger partial charge in [0.15, 0.2) is 0 Å². The number of nitrogens with zero attached hydrogens (tertiary/aromatic N) is 3. The first kappa shape index (κ1) is 12.3. The van der Waals surface area contributed by atoms with Crippen molar-refractivity contribution in [1.29, 1.82) is 5.41 Å². The molecule has 0 spiro atoms. The SMILES string of the molecule is Cc1ncn(-c2c(C(=N)N)cnc3ccccc23)c1C. The molecule has 0 bridgehead atoms. The Labute approximate surface area is 116 Å². The molecule has 0 atom stereocenters. The van der Waals surface area contributed by atoms with Crippen LogP contribution in [0.1, 0.15) is 17.0 Å².